The first-order valence-electron chi connectivity index (χ1n) is 11.9. The van der Waals surface area contributed by atoms with Gasteiger partial charge in [-0.15, -0.1) is 0 Å². The molecule has 2 atom stereocenters. The fourth-order valence-corrected chi connectivity index (χ4v) is 5.99. The number of hydrogen-bond donors (Lipinski definition) is 0. The summed E-state index contributed by atoms with van der Waals surface area (Å²) in [6.45, 7) is 2.30. The van der Waals surface area contributed by atoms with Crippen molar-refractivity contribution >= 4 is 0 Å². The molecule has 0 spiro atoms. The second-order valence-electron chi connectivity index (χ2n) is 9.69. The Morgan fingerprint density at radius 3 is 2.04 bits per heavy atom. The summed E-state index contributed by atoms with van der Waals surface area (Å²) in [6, 6.07) is 10.5. The molecule has 1 heterocycles. The van der Waals surface area contributed by atoms with Gasteiger partial charge < -0.3 is 4.74 Å². The van der Waals surface area contributed by atoms with Crippen molar-refractivity contribution in [3.63, 3.8) is 0 Å². The molecule has 2 heteroatoms. The SMILES string of the molecule is CCCCCC1CCC(C2OC2C2CCC(c3ccc(C#N)cc3)CC2)CC1. The van der Waals surface area contributed by atoms with E-state index < -0.39 is 0 Å². The zero-order chi connectivity index (χ0) is 19.3. The molecule has 0 amide bonds. The maximum atomic E-state index is 8.97. The molecule has 1 aromatic carbocycles. The van der Waals surface area contributed by atoms with Crippen molar-refractivity contribution in [1.29, 1.82) is 5.26 Å². The Balaban J connectivity index is 1.18. The van der Waals surface area contributed by atoms with E-state index in [1.54, 1.807) is 0 Å². The number of unbranched alkanes of at least 4 members (excludes halogenated alkanes) is 2. The van der Waals surface area contributed by atoms with Crippen molar-refractivity contribution in [3.8, 4) is 6.07 Å². The van der Waals surface area contributed by atoms with E-state index in [0.717, 1.165) is 23.3 Å². The van der Waals surface area contributed by atoms with Gasteiger partial charge in [-0.25, -0.2) is 0 Å². The van der Waals surface area contributed by atoms with Crippen LogP contribution in [0.2, 0.25) is 0 Å². The summed E-state index contributed by atoms with van der Waals surface area (Å²) in [6.07, 6.45) is 17.8. The number of nitrogens with zero attached hydrogens (tertiary/aromatic N) is 1. The molecule has 152 valence electrons. The largest absolute Gasteiger partial charge is 0.369 e. The lowest BCUT2D eigenvalue weighted by Crippen LogP contribution is -2.24. The monoisotopic (exact) mass is 379 g/mol. The Kier molecular flexibility index (Phi) is 6.73. The van der Waals surface area contributed by atoms with Crippen LogP contribution in [-0.2, 0) is 4.74 Å². The fraction of sp³-hybridized carbons (Fsp3) is 0.731. The first kappa shape index (κ1) is 20.0. The van der Waals surface area contributed by atoms with Crippen LogP contribution in [0.4, 0.5) is 0 Å². The number of nitriles is 1. The van der Waals surface area contributed by atoms with Crippen LogP contribution in [0.25, 0.3) is 0 Å². The third-order valence-electron chi connectivity index (χ3n) is 7.88. The third-order valence-corrected chi connectivity index (χ3v) is 7.88. The molecule has 2 aliphatic carbocycles. The van der Waals surface area contributed by atoms with Crippen LogP contribution in [0, 0.1) is 29.1 Å². The van der Waals surface area contributed by atoms with Gasteiger partial charge >= 0.3 is 0 Å². The minimum absolute atomic E-state index is 0.573. The Morgan fingerprint density at radius 1 is 0.857 bits per heavy atom. The third kappa shape index (κ3) is 4.80. The maximum Gasteiger partial charge on any atom is 0.0991 e. The minimum Gasteiger partial charge on any atom is -0.369 e. The highest BCUT2D eigenvalue weighted by Gasteiger charge is 2.49. The van der Waals surface area contributed by atoms with Gasteiger partial charge in [0.2, 0.25) is 0 Å². The summed E-state index contributed by atoms with van der Waals surface area (Å²) in [7, 11) is 0. The number of benzene rings is 1. The fourth-order valence-electron chi connectivity index (χ4n) is 5.99. The first-order valence-corrected chi connectivity index (χ1v) is 11.9. The normalized spacial score (nSPS) is 35.3. The lowest BCUT2D eigenvalue weighted by atomic mass is 9.74. The molecule has 0 N–H and O–H groups in total. The quantitative estimate of drug-likeness (QED) is 0.378. The van der Waals surface area contributed by atoms with E-state index in [1.165, 1.54) is 82.6 Å². The van der Waals surface area contributed by atoms with Crippen molar-refractivity contribution in [1.82, 2.24) is 0 Å². The molecule has 1 aromatic rings. The predicted molar refractivity (Wildman–Crippen MR) is 114 cm³/mol. The van der Waals surface area contributed by atoms with Crippen LogP contribution in [0.3, 0.4) is 0 Å². The first-order chi connectivity index (χ1) is 13.8. The molecular weight excluding hydrogens is 342 g/mol. The van der Waals surface area contributed by atoms with E-state index in [1.807, 2.05) is 12.1 Å². The highest BCUT2D eigenvalue weighted by molar-refractivity contribution is 5.33. The number of hydrogen-bond acceptors (Lipinski definition) is 2. The average Bonchev–Trinajstić information content (AvgIpc) is 3.56. The Morgan fingerprint density at radius 2 is 1.46 bits per heavy atom. The highest BCUT2D eigenvalue weighted by Crippen LogP contribution is 2.48. The highest BCUT2D eigenvalue weighted by atomic mass is 16.6. The molecule has 2 unspecified atom stereocenters. The molecule has 0 bridgehead atoms. The predicted octanol–water partition coefficient (Wildman–Crippen LogP) is 6.99. The van der Waals surface area contributed by atoms with E-state index in [0.29, 0.717) is 18.1 Å². The summed E-state index contributed by atoms with van der Waals surface area (Å²) < 4.78 is 6.26. The van der Waals surface area contributed by atoms with Crippen LogP contribution in [0.15, 0.2) is 24.3 Å². The molecule has 4 rings (SSSR count). The minimum atomic E-state index is 0.573. The molecule has 2 saturated carbocycles. The Bertz CT molecular complexity index is 644. The van der Waals surface area contributed by atoms with Gasteiger partial charge in [0.25, 0.3) is 0 Å². The van der Waals surface area contributed by atoms with Crippen molar-refractivity contribution in [2.45, 2.75) is 102 Å². The van der Waals surface area contributed by atoms with Crippen LogP contribution in [-0.4, -0.2) is 12.2 Å². The topological polar surface area (TPSA) is 36.3 Å². The molecule has 28 heavy (non-hydrogen) atoms. The summed E-state index contributed by atoms with van der Waals surface area (Å²) in [5.74, 6) is 3.33. The molecule has 0 radical (unpaired) electrons. The van der Waals surface area contributed by atoms with Gasteiger partial charge in [-0.1, -0.05) is 57.6 Å². The number of ether oxygens (including phenoxy) is 1. The van der Waals surface area contributed by atoms with Crippen molar-refractivity contribution in [2.75, 3.05) is 0 Å². The summed E-state index contributed by atoms with van der Waals surface area (Å²) in [4.78, 5) is 0. The molecule has 3 fully saturated rings. The van der Waals surface area contributed by atoms with E-state index in [-0.39, 0.29) is 0 Å². The molecule has 2 nitrogen and oxygen atoms in total. The zero-order valence-electron chi connectivity index (χ0n) is 17.6. The molecule has 1 saturated heterocycles. The molecule has 1 aliphatic heterocycles. The van der Waals surface area contributed by atoms with Gasteiger partial charge in [-0.05, 0) is 79.9 Å². The second-order valence-corrected chi connectivity index (χ2v) is 9.69. The number of rotatable bonds is 7. The summed E-state index contributed by atoms with van der Waals surface area (Å²) in [5.41, 5.74) is 2.19. The van der Waals surface area contributed by atoms with Gasteiger partial charge in [0, 0.05) is 0 Å². The van der Waals surface area contributed by atoms with Crippen molar-refractivity contribution in [3.05, 3.63) is 35.4 Å². The van der Waals surface area contributed by atoms with E-state index >= 15 is 0 Å². The van der Waals surface area contributed by atoms with Crippen LogP contribution in [0.5, 0.6) is 0 Å². The smallest absolute Gasteiger partial charge is 0.0991 e. The summed E-state index contributed by atoms with van der Waals surface area (Å²) >= 11 is 0. The lowest BCUT2D eigenvalue weighted by Gasteiger charge is -2.30. The Hall–Kier alpha value is -1.33. The second kappa shape index (κ2) is 9.45. The van der Waals surface area contributed by atoms with Crippen molar-refractivity contribution in [2.24, 2.45) is 17.8 Å². The Labute approximate surface area is 171 Å². The maximum absolute atomic E-state index is 8.97. The van der Waals surface area contributed by atoms with Gasteiger partial charge in [0.15, 0.2) is 0 Å². The molecular formula is C26H37NO. The van der Waals surface area contributed by atoms with E-state index in [4.69, 9.17) is 10.00 Å². The standard InChI is InChI=1S/C26H37NO/c1-2-3-4-5-19-6-12-23(13-7-19)25-26(28-25)24-16-14-22(15-17-24)21-10-8-20(18-27)9-11-21/h8-11,19,22-26H,2-7,12-17H2,1H3. The van der Waals surface area contributed by atoms with E-state index in [9.17, 15) is 0 Å². The average molecular weight is 380 g/mol. The van der Waals surface area contributed by atoms with Crippen LogP contribution >= 0.6 is 0 Å². The molecule has 3 aliphatic rings. The zero-order valence-corrected chi connectivity index (χ0v) is 17.6. The van der Waals surface area contributed by atoms with Gasteiger partial charge in [-0.2, -0.15) is 5.26 Å². The summed E-state index contributed by atoms with van der Waals surface area (Å²) in [5, 5.41) is 8.97. The lowest BCUT2D eigenvalue weighted by molar-refractivity contribution is 0.209. The van der Waals surface area contributed by atoms with Gasteiger partial charge in [-0.3, -0.25) is 0 Å². The van der Waals surface area contributed by atoms with E-state index in [2.05, 4.69) is 25.1 Å². The molecule has 0 aromatic heterocycles. The van der Waals surface area contributed by atoms with Gasteiger partial charge in [0.1, 0.15) is 0 Å². The van der Waals surface area contributed by atoms with Crippen molar-refractivity contribution < 1.29 is 4.74 Å². The van der Waals surface area contributed by atoms with Crippen LogP contribution < -0.4 is 0 Å². The van der Waals surface area contributed by atoms with Gasteiger partial charge in [0.05, 0.1) is 23.8 Å². The number of epoxide rings is 1. The van der Waals surface area contributed by atoms with Crippen LogP contribution in [0.1, 0.15) is 101 Å².